The summed E-state index contributed by atoms with van der Waals surface area (Å²) in [5, 5.41) is 0. The molecule has 2 aliphatic rings. The van der Waals surface area contributed by atoms with Gasteiger partial charge in [0.05, 0.1) is 0 Å². The number of rotatable bonds is 3. The first-order chi connectivity index (χ1) is 9.88. The van der Waals surface area contributed by atoms with Crippen LogP contribution in [-0.4, -0.2) is 13.6 Å². The van der Waals surface area contributed by atoms with Crippen molar-refractivity contribution in [3.63, 3.8) is 0 Å². The Morgan fingerprint density at radius 2 is 1.40 bits per heavy atom. The van der Waals surface area contributed by atoms with Crippen molar-refractivity contribution < 1.29 is 18.9 Å². The van der Waals surface area contributed by atoms with Gasteiger partial charge in [-0.25, -0.2) is 0 Å². The van der Waals surface area contributed by atoms with Crippen molar-refractivity contribution in [3.8, 4) is 23.0 Å². The van der Waals surface area contributed by atoms with Gasteiger partial charge in [-0.05, 0) is 42.3 Å². The van der Waals surface area contributed by atoms with Crippen LogP contribution in [0.2, 0.25) is 0 Å². The van der Waals surface area contributed by atoms with Crippen molar-refractivity contribution in [3.05, 3.63) is 36.4 Å². The number of fused-ring (bicyclic) bond motifs is 2. The molecule has 0 saturated carbocycles. The van der Waals surface area contributed by atoms with Gasteiger partial charge >= 0.3 is 0 Å². The second-order valence-corrected chi connectivity index (χ2v) is 5.17. The summed E-state index contributed by atoms with van der Waals surface area (Å²) in [4.78, 5) is 1.05. The summed E-state index contributed by atoms with van der Waals surface area (Å²) in [5.74, 6) is 3.12. The maximum absolute atomic E-state index is 5.35. The molecule has 0 aliphatic carbocycles. The van der Waals surface area contributed by atoms with E-state index in [4.69, 9.17) is 18.9 Å². The van der Waals surface area contributed by atoms with Gasteiger partial charge in [-0.1, -0.05) is 0 Å². The molecule has 0 fully saturated rings. The summed E-state index contributed by atoms with van der Waals surface area (Å²) >= 11 is 1.50. The summed E-state index contributed by atoms with van der Waals surface area (Å²) in [7, 11) is 0. The molecule has 0 bridgehead atoms. The molecule has 1 N–H and O–H groups in total. The lowest BCUT2D eigenvalue weighted by atomic mass is 10.3. The minimum atomic E-state index is 0.286. The molecule has 0 amide bonds. The summed E-state index contributed by atoms with van der Waals surface area (Å²) in [6, 6.07) is 11.6. The predicted octanol–water partition coefficient (Wildman–Crippen LogP) is 3.26. The van der Waals surface area contributed by atoms with E-state index in [2.05, 4.69) is 4.72 Å². The molecule has 5 nitrogen and oxygen atoms in total. The molecule has 0 radical (unpaired) electrons. The van der Waals surface area contributed by atoms with Crippen LogP contribution in [0.5, 0.6) is 23.0 Å². The van der Waals surface area contributed by atoms with E-state index < -0.39 is 0 Å². The Morgan fingerprint density at radius 1 is 0.750 bits per heavy atom. The molecule has 102 valence electrons. The highest BCUT2D eigenvalue weighted by Gasteiger charge is 2.15. The molecule has 0 saturated heterocycles. The Morgan fingerprint density at radius 3 is 2.20 bits per heavy atom. The molecule has 2 heterocycles. The number of hydrogen-bond donors (Lipinski definition) is 1. The normalized spacial score (nSPS) is 14.4. The third kappa shape index (κ3) is 2.08. The van der Waals surface area contributed by atoms with E-state index in [0.717, 1.165) is 33.6 Å². The van der Waals surface area contributed by atoms with Crippen LogP contribution in [0.25, 0.3) is 0 Å². The van der Waals surface area contributed by atoms with E-state index in [1.165, 1.54) is 11.9 Å². The molecule has 2 aromatic carbocycles. The third-order valence-electron chi connectivity index (χ3n) is 3.00. The molecule has 20 heavy (non-hydrogen) atoms. The van der Waals surface area contributed by atoms with Crippen molar-refractivity contribution in [1.82, 2.24) is 0 Å². The molecule has 0 spiro atoms. The van der Waals surface area contributed by atoms with Crippen LogP contribution < -0.4 is 23.7 Å². The van der Waals surface area contributed by atoms with Gasteiger partial charge in [-0.2, -0.15) is 0 Å². The van der Waals surface area contributed by atoms with Crippen LogP contribution in [-0.2, 0) is 0 Å². The Bertz CT molecular complexity index is 604. The minimum absolute atomic E-state index is 0.286. The van der Waals surface area contributed by atoms with Crippen LogP contribution in [0.1, 0.15) is 0 Å². The fourth-order valence-electron chi connectivity index (χ4n) is 2.02. The number of hydrogen-bond acceptors (Lipinski definition) is 6. The molecule has 0 aromatic heterocycles. The molecule has 6 heteroatoms. The van der Waals surface area contributed by atoms with Crippen molar-refractivity contribution >= 4 is 17.6 Å². The highest BCUT2D eigenvalue weighted by Crippen LogP contribution is 2.38. The van der Waals surface area contributed by atoms with Crippen LogP contribution >= 0.6 is 11.9 Å². The van der Waals surface area contributed by atoms with Crippen LogP contribution in [0.15, 0.2) is 41.3 Å². The van der Waals surface area contributed by atoms with Crippen molar-refractivity contribution in [1.29, 1.82) is 0 Å². The van der Waals surface area contributed by atoms with Crippen molar-refractivity contribution in [2.24, 2.45) is 0 Å². The van der Waals surface area contributed by atoms with E-state index in [9.17, 15) is 0 Å². The number of benzene rings is 2. The van der Waals surface area contributed by atoms with E-state index in [1.807, 2.05) is 36.4 Å². The number of anilines is 1. The topological polar surface area (TPSA) is 49.0 Å². The van der Waals surface area contributed by atoms with Gasteiger partial charge in [-0.15, -0.1) is 0 Å². The molecular formula is C14H11NO4S. The zero-order valence-electron chi connectivity index (χ0n) is 10.4. The Hall–Kier alpha value is -2.21. The first kappa shape index (κ1) is 11.6. The number of nitrogens with one attached hydrogen (secondary N) is 1. The number of ether oxygens (including phenoxy) is 4. The molecule has 0 unspecified atom stereocenters. The van der Waals surface area contributed by atoms with Crippen LogP contribution in [0.4, 0.5) is 5.69 Å². The van der Waals surface area contributed by atoms with Gasteiger partial charge in [0.15, 0.2) is 23.0 Å². The fraction of sp³-hybridized carbons (Fsp3) is 0.143. The van der Waals surface area contributed by atoms with Crippen molar-refractivity contribution in [2.75, 3.05) is 18.3 Å². The van der Waals surface area contributed by atoms with Crippen LogP contribution in [0, 0.1) is 0 Å². The highest BCUT2D eigenvalue weighted by molar-refractivity contribution is 8.00. The van der Waals surface area contributed by atoms with Gasteiger partial charge in [0, 0.05) is 16.6 Å². The van der Waals surface area contributed by atoms with Gasteiger partial charge < -0.3 is 23.7 Å². The van der Waals surface area contributed by atoms with Gasteiger partial charge in [0.2, 0.25) is 13.6 Å². The summed E-state index contributed by atoms with van der Waals surface area (Å²) in [5.41, 5.74) is 0.955. The summed E-state index contributed by atoms with van der Waals surface area (Å²) < 4.78 is 24.5. The average Bonchev–Trinajstić information content (AvgIpc) is 3.12. The first-order valence-corrected chi connectivity index (χ1v) is 6.92. The Labute approximate surface area is 119 Å². The maximum atomic E-state index is 5.35. The Kier molecular flexibility index (Phi) is 2.74. The second kappa shape index (κ2) is 4.72. The molecular weight excluding hydrogens is 278 g/mol. The quantitative estimate of drug-likeness (QED) is 0.875. The third-order valence-corrected chi connectivity index (χ3v) is 3.83. The van der Waals surface area contributed by atoms with E-state index in [-0.39, 0.29) is 6.79 Å². The lowest BCUT2D eigenvalue weighted by Crippen LogP contribution is -1.93. The highest BCUT2D eigenvalue weighted by atomic mass is 32.2. The van der Waals surface area contributed by atoms with Crippen LogP contribution in [0.3, 0.4) is 0 Å². The molecule has 2 aliphatic heterocycles. The van der Waals surface area contributed by atoms with Gasteiger partial charge in [-0.3, -0.25) is 0 Å². The lowest BCUT2D eigenvalue weighted by Gasteiger charge is -2.07. The standard InChI is InChI=1S/C14H11NO4S/c1-3-11-13(18-7-16-11)5-9(1)15-20-10-2-4-12-14(6-10)19-8-17-12/h1-6,15H,7-8H2. The monoisotopic (exact) mass is 289 g/mol. The maximum Gasteiger partial charge on any atom is 0.231 e. The molecule has 2 aromatic rings. The summed E-state index contributed by atoms with van der Waals surface area (Å²) in [6.45, 7) is 0.577. The lowest BCUT2D eigenvalue weighted by molar-refractivity contribution is 0.173. The predicted molar refractivity (Wildman–Crippen MR) is 74.6 cm³/mol. The van der Waals surface area contributed by atoms with Gasteiger partial charge in [0.1, 0.15) is 0 Å². The second-order valence-electron chi connectivity index (χ2n) is 4.29. The molecule has 0 atom stereocenters. The first-order valence-electron chi connectivity index (χ1n) is 6.11. The SMILES string of the molecule is c1cc2c(cc1NSc1ccc3c(c1)OCO3)OCO2. The minimum Gasteiger partial charge on any atom is -0.454 e. The largest absolute Gasteiger partial charge is 0.454 e. The fourth-order valence-corrected chi connectivity index (χ4v) is 2.68. The van der Waals surface area contributed by atoms with Gasteiger partial charge in [0.25, 0.3) is 0 Å². The molecule has 4 rings (SSSR count). The van der Waals surface area contributed by atoms with E-state index in [1.54, 1.807) is 0 Å². The Balaban J connectivity index is 1.47. The van der Waals surface area contributed by atoms with E-state index >= 15 is 0 Å². The average molecular weight is 289 g/mol. The zero-order valence-corrected chi connectivity index (χ0v) is 11.2. The smallest absolute Gasteiger partial charge is 0.231 e. The van der Waals surface area contributed by atoms with Crippen molar-refractivity contribution in [2.45, 2.75) is 4.90 Å². The van der Waals surface area contributed by atoms with E-state index in [0.29, 0.717) is 6.79 Å². The summed E-state index contributed by atoms with van der Waals surface area (Å²) in [6.07, 6.45) is 0. The zero-order chi connectivity index (χ0) is 13.4.